The van der Waals surface area contributed by atoms with E-state index >= 15 is 0 Å². The minimum atomic E-state index is 0.209. The molecule has 7 nitrogen and oxygen atoms in total. The van der Waals surface area contributed by atoms with Gasteiger partial charge < -0.3 is 15.0 Å². The average molecular weight is 394 g/mol. The maximum Gasteiger partial charge on any atom is 0.318 e. The average Bonchev–Trinajstić information content (AvgIpc) is 2.99. The molecule has 0 aliphatic heterocycles. The number of hydrogen-bond acceptors (Lipinski definition) is 8. The van der Waals surface area contributed by atoms with Gasteiger partial charge in [0.05, 0.1) is 16.5 Å². The van der Waals surface area contributed by atoms with Gasteiger partial charge in [0.15, 0.2) is 0 Å². The molecule has 0 amide bonds. The highest BCUT2D eigenvalue weighted by Crippen LogP contribution is 2.55. The third-order valence-corrected chi connectivity index (χ3v) is 5.31. The van der Waals surface area contributed by atoms with E-state index in [1.165, 1.54) is 18.9 Å². The number of nitrogens with zero attached hydrogens (tertiary/aromatic N) is 4. The topological polar surface area (TPSA) is 100.0 Å². The Balaban J connectivity index is 1.56. The van der Waals surface area contributed by atoms with Gasteiger partial charge in [-0.2, -0.15) is 9.97 Å². The molecule has 1 aliphatic carbocycles. The van der Waals surface area contributed by atoms with Gasteiger partial charge in [0.2, 0.25) is 11.7 Å². The number of methoxy groups -OCH3 is 1. The first-order valence-corrected chi connectivity index (χ1v) is 8.57. The van der Waals surface area contributed by atoms with E-state index in [1.54, 1.807) is 11.3 Å². The molecule has 118 valence electrons. The Hall–Kier alpha value is -2.00. The summed E-state index contributed by atoms with van der Waals surface area (Å²) >= 11 is 5.17. The van der Waals surface area contributed by atoms with Crippen molar-refractivity contribution in [2.45, 2.75) is 18.3 Å². The van der Waals surface area contributed by atoms with Crippen molar-refractivity contribution in [3.05, 3.63) is 32.9 Å². The monoisotopic (exact) mass is 393 g/mol. The van der Waals surface area contributed by atoms with Crippen molar-refractivity contribution in [1.29, 1.82) is 0 Å². The molecule has 1 fully saturated rings. The van der Waals surface area contributed by atoms with Crippen molar-refractivity contribution < 1.29 is 9.26 Å². The van der Waals surface area contributed by atoms with Gasteiger partial charge >= 0.3 is 6.01 Å². The fraction of sp³-hybridized carbons (Fsp3) is 0.286. The summed E-state index contributed by atoms with van der Waals surface area (Å²) in [6, 6.07) is 2.35. The molecule has 0 saturated heterocycles. The maximum atomic E-state index is 5.89. The third kappa shape index (κ3) is 2.70. The van der Waals surface area contributed by atoms with Crippen molar-refractivity contribution in [3.63, 3.8) is 0 Å². The molecule has 0 unspecified atom stereocenters. The lowest BCUT2D eigenvalue weighted by Gasteiger charge is -2.01. The zero-order valence-electron chi connectivity index (χ0n) is 12.1. The Bertz CT molecular complexity index is 864. The van der Waals surface area contributed by atoms with Gasteiger partial charge in [0.1, 0.15) is 5.82 Å². The van der Waals surface area contributed by atoms with Crippen LogP contribution in [0.25, 0.3) is 11.4 Å². The van der Waals surface area contributed by atoms with Crippen LogP contribution < -0.4 is 10.5 Å². The lowest BCUT2D eigenvalue weighted by Crippen LogP contribution is -2.00. The molecule has 3 heterocycles. The molecule has 0 bridgehead atoms. The number of halogens is 1. The largest absolute Gasteiger partial charge is 0.467 e. The molecule has 0 radical (unpaired) electrons. The Kier molecular flexibility index (Phi) is 3.53. The second-order valence-electron chi connectivity index (χ2n) is 5.24. The van der Waals surface area contributed by atoms with Crippen LogP contribution in [0, 0.1) is 0 Å². The van der Waals surface area contributed by atoms with Crippen molar-refractivity contribution >= 4 is 33.1 Å². The fourth-order valence-corrected chi connectivity index (χ4v) is 3.74. The minimum Gasteiger partial charge on any atom is -0.467 e. The molecule has 2 N–H and O–H groups in total. The number of nitrogen functional groups attached to an aromatic ring is 1. The molecule has 0 aromatic carbocycles. The van der Waals surface area contributed by atoms with Crippen molar-refractivity contribution in [1.82, 2.24) is 20.1 Å². The van der Waals surface area contributed by atoms with Crippen LogP contribution in [-0.4, -0.2) is 27.2 Å². The molecule has 0 spiro atoms. The molecular weight excluding hydrogens is 382 g/mol. The molecule has 1 saturated carbocycles. The van der Waals surface area contributed by atoms with E-state index in [0.29, 0.717) is 23.2 Å². The Labute approximate surface area is 144 Å². The van der Waals surface area contributed by atoms with Crippen LogP contribution in [0.5, 0.6) is 6.01 Å². The van der Waals surface area contributed by atoms with Crippen molar-refractivity contribution in [2.24, 2.45) is 0 Å². The zero-order chi connectivity index (χ0) is 16.0. The van der Waals surface area contributed by atoms with Crippen LogP contribution in [0.2, 0.25) is 0 Å². The van der Waals surface area contributed by atoms with Gasteiger partial charge in [-0.05, 0) is 45.3 Å². The highest BCUT2D eigenvalue weighted by atomic mass is 79.9. The predicted octanol–water partition coefficient (Wildman–Crippen LogP) is 3.21. The number of nitrogens with two attached hydrogens (primary N) is 1. The third-order valence-electron chi connectivity index (χ3n) is 3.78. The van der Waals surface area contributed by atoms with E-state index in [2.05, 4.69) is 47.5 Å². The van der Waals surface area contributed by atoms with Crippen LogP contribution in [-0.2, 0) is 0 Å². The van der Waals surface area contributed by atoms with Gasteiger partial charge in [-0.1, -0.05) is 5.16 Å². The molecule has 4 rings (SSSR count). The summed E-state index contributed by atoms with van der Waals surface area (Å²) in [5.74, 6) is 1.99. The Morgan fingerprint density at radius 3 is 2.96 bits per heavy atom. The second-order valence-corrected chi connectivity index (χ2v) is 7.54. The van der Waals surface area contributed by atoms with Crippen LogP contribution in [0.3, 0.4) is 0 Å². The SMILES string of the molecule is COc1ncc(-c2noc([C@@H]3C[C@H]3c3csc(Br)c3)n2)c(N)n1. The summed E-state index contributed by atoms with van der Waals surface area (Å²) in [4.78, 5) is 12.5. The predicted molar refractivity (Wildman–Crippen MR) is 88.4 cm³/mol. The summed E-state index contributed by atoms with van der Waals surface area (Å²) in [6.07, 6.45) is 2.55. The first-order chi connectivity index (χ1) is 11.2. The summed E-state index contributed by atoms with van der Waals surface area (Å²) in [6.45, 7) is 0. The van der Waals surface area contributed by atoms with Crippen molar-refractivity contribution in [3.8, 4) is 17.4 Å². The van der Waals surface area contributed by atoms with Crippen LogP contribution in [0.1, 0.15) is 29.7 Å². The molecule has 9 heteroatoms. The number of hydrogen-bond donors (Lipinski definition) is 1. The molecule has 2 atom stereocenters. The van der Waals surface area contributed by atoms with Gasteiger partial charge in [-0.3, -0.25) is 0 Å². The number of anilines is 1. The van der Waals surface area contributed by atoms with E-state index in [1.807, 2.05) is 0 Å². The van der Waals surface area contributed by atoms with Gasteiger partial charge in [-0.15, -0.1) is 11.3 Å². The Morgan fingerprint density at radius 2 is 2.26 bits per heavy atom. The lowest BCUT2D eigenvalue weighted by atomic mass is 10.2. The van der Waals surface area contributed by atoms with E-state index in [4.69, 9.17) is 15.0 Å². The smallest absolute Gasteiger partial charge is 0.318 e. The molecular formula is C14H12BrN5O2S. The zero-order valence-corrected chi connectivity index (χ0v) is 14.5. The standard InChI is InChI=1S/C14H12BrN5O2S/c1-21-14-17-4-9(11(16)18-14)12-19-13(22-20-12)8-3-7(8)6-2-10(15)23-5-6/h2,4-5,7-8H,3H2,1H3,(H2,16,17,18)/t7-,8+/m0/s1. The van der Waals surface area contributed by atoms with E-state index in [-0.39, 0.29) is 17.7 Å². The summed E-state index contributed by atoms with van der Waals surface area (Å²) in [5, 5.41) is 6.16. The quantitative estimate of drug-likeness (QED) is 0.725. The number of aromatic nitrogens is 4. The molecule has 3 aromatic heterocycles. The summed E-state index contributed by atoms with van der Waals surface area (Å²) in [5.41, 5.74) is 7.74. The fourth-order valence-electron chi connectivity index (χ4n) is 2.50. The molecule has 1 aliphatic rings. The normalized spacial score (nSPS) is 19.7. The number of rotatable bonds is 4. The highest BCUT2D eigenvalue weighted by molar-refractivity contribution is 9.11. The van der Waals surface area contributed by atoms with Crippen LogP contribution >= 0.6 is 27.3 Å². The van der Waals surface area contributed by atoms with E-state index < -0.39 is 0 Å². The second kappa shape index (κ2) is 5.57. The molecule has 3 aromatic rings. The first-order valence-electron chi connectivity index (χ1n) is 6.90. The summed E-state index contributed by atoms with van der Waals surface area (Å²) < 4.78 is 11.5. The minimum absolute atomic E-state index is 0.209. The van der Waals surface area contributed by atoms with Crippen LogP contribution in [0.4, 0.5) is 5.82 Å². The van der Waals surface area contributed by atoms with Crippen LogP contribution in [0.15, 0.2) is 26.0 Å². The van der Waals surface area contributed by atoms with E-state index in [0.717, 1.165) is 10.2 Å². The van der Waals surface area contributed by atoms with Gasteiger partial charge in [0, 0.05) is 12.1 Å². The van der Waals surface area contributed by atoms with Gasteiger partial charge in [-0.25, -0.2) is 4.98 Å². The summed E-state index contributed by atoms with van der Waals surface area (Å²) in [7, 11) is 1.48. The maximum absolute atomic E-state index is 5.89. The molecule has 23 heavy (non-hydrogen) atoms. The first kappa shape index (κ1) is 14.6. The number of ether oxygens (including phenoxy) is 1. The number of thiophene rings is 1. The van der Waals surface area contributed by atoms with Crippen molar-refractivity contribution in [2.75, 3.05) is 12.8 Å². The van der Waals surface area contributed by atoms with E-state index in [9.17, 15) is 0 Å². The van der Waals surface area contributed by atoms with Gasteiger partial charge in [0.25, 0.3) is 0 Å². The lowest BCUT2D eigenvalue weighted by molar-refractivity contribution is 0.377. The Morgan fingerprint density at radius 1 is 1.39 bits per heavy atom. The highest BCUT2D eigenvalue weighted by Gasteiger charge is 2.44.